The number of carboxylic acids is 1. The van der Waals surface area contributed by atoms with Crippen LogP contribution in [0.4, 0.5) is 0 Å². The first-order valence-corrected chi connectivity index (χ1v) is 6.60. The lowest BCUT2D eigenvalue weighted by Gasteiger charge is -2.14. The third-order valence-electron chi connectivity index (χ3n) is 3.11. The molecule has 0 atom stereocenters. The number of carbonyl (C=O) groups is 2. The van der Waals surface area contributed by atoms with Gasteiger partial charge in [-0.2, -0.15) is 0 Å². The zero-order valence-electron chi connectivity index (χ0n) is 12.8. The van der Waals surface area contributed by atoms with Crippen LogP contribution in [0.25, 0.3) is 0 Å². The summed E-state index contributed by atoms with van der Waals surface area (Å²) < 4.78 is 15.3. The molecular formula is C16H14O8. The van der Waals surface area contributed by atoms with Crippen LogP contribution < -0.4 is 14.2 Å². The average molecular weight is 334 g/mol. The number of phenols is 2. The molecule has 0 aliphatic heterocycles. The summed E-state index contributed by atoms with van der Waals surface area (Å²) in [6.45, 7) is 0. The summed E-state index contributed by atoms with van der Waals surface area (Å²) in [5.41, 5.74) is -0.137. The molecule has 2 rings (SSSR count). The maximum Gasteiger partial charge on any atom is 0.343 e. The topological polar surface area (TPSA) is 123 Å². The maximum atomic E-state index is 12.2. The van der Waals surface area contributed by atoms with Gasteiger partial charge in [0.15, 0.2) is 23.0 Å². The van der Waals surface area contributed by atoms with Gasteiger partial charge in [-0.1, -0.05) is 0 Å². The van der Waals surface area contributed by atoms with Crippen molar-refractivity contribution >= 4 is 11.9 Å². The van der Waals surface area contributed by atoms with Crippen molar-refractivity contribution in [3.63, 3.8) is 0 Å². The van der Waals surface area contributed by atoms with Crippen molar-refractivity contribution in [1.82, 2.24) is 0 Å². The molecule has 0 unspecified atom stereocenters. The Balaban J connectivity index is 2.42. The number of methoxy groups -OCH3 is 2. The first-order chi connectivity index (χ1) is 11.4. The fourth-order valence-electron chi connectivity index (χ4n) is 1.91. The Kier molecular flexibility index (Phi) is 4.78. The van der Waals surface area contributed by atoms with Crippen molar-refractivity contribution in [2.45, 2.75) is 0 Å². The lowest BCUT2D eigenvalue weighted by atomic mass is 10.1. The van der Waals surface area contributed by atoms with Gasteiger partial charge >= 0.3 is 11.9 Å². The lowest BCUT2D eigenvalue weighted by molar-refractivity contribution is 0.0696. The summed E-state index contributed by atoms with van der Waals surface area (Å²) in [5.74, 6) is -3.05. The van der Waals surface area contributed by atoms with Crippen molar-refractivity contribution in [3.8, 4) is 28.7 Å². The second-order valence-corrected chi connectivity index (χ2v) is 4.61. The van der Waals surface area contributed by atoms with Crippen LogP contribution in [0.3, 0.4) is 0 Å². The Morgan fingerprint density at radius 2 is 1.46 bits per heavy atom. The highest BCUT2D eigenvalue weighted by Crippen LogP contribution is 2.39. The summed E-state index contributed by atoms with van der Waals surface area (Å²) in [4.78, 5) is 23.3. The van der Waals surface area contributed by atoms with Gasteiger partial charge in [0.05, 0.1) is 25.3 Å². The summed E-state index contributed by atoms with van der Waals surface area (Å²) in [5, 5.41) is 27.8. The van der Waals surface area contributed by atoms with Crippen LogP contribution in [-0.4, -0.2) is 41.5 Å². The van der Waals surface area contributed by atoms with Gasteiger partial charge in [-0.15, -0.1) is 0 Å². The number of phenolic OH excluding ortho intramolecular Hbond substituents is 2. The molecule has 0 aliphatic carbocycles. The number of hydrogen-bond donors (Lipinski definition) is 3. The minimum Gasteiger partial charge on any atom is -0.504 e. The van der Waals surface area contributed by atoms with E-state index in [9.17, 15) is 19.8 Å². The molecule has 2 aromatic rings. The molecule has 0 amide bonds. The third-order valence-corrected chi connectivity index (χ3v) is 3.11. The molecule has 0 heterocycles. The summed E-state index contributed by atoms with van der Waals surface area (Å²) >= 11 is 0. The van der Waals surface area contributed by atoms with Gasteiger partial charge in [-0.3, -0.25) is 0 Å². The van der Waals surface area contributed by atoms with E-state index in [2.05, 4.69) is 0 Å². The zero-order valence-corrected chi connectivity index (χ0v) is 12.8. The van der Waals surface area contributed by atoms with Crippen molar-refractivity contribution < 1.29 is 39.1 Å². The number of benzene rings is 2. The Hall–Kier alpha value is -3.42. The van der Waals surface area contributed by atoms with Crippen molar-refractivity contribution in [2.24, 2.45) is 0 Å². The molecular weight excluding hydrogens is 320 g/mol. The monoisotopic (exact) mass is 334 g/mol. The predicted octanol–water partition coefficient (Wildman–Crippen LogP) is 2.03. The van der Waals surface area contributed by atoms with E-state index >= 15 is 0 Å². The van der Waals surface area contributed by atoms with Crippen LogP contribution in [0.15, 0.2) is 30.3 Å². The number of hydrogen-bond acceptors (Lipinski definition) is 7. The molecule has 0 fully saturated rings. The van der Waals surface area contributed by atoms with E-state index in [4.69, 9.17) is 19.3 Å². The minimum atomic E-state index is -1.20. The second kappa shape index (κ2) is 6.78. The number of carbonyl (C=O) groups excluding carboxylic acids is 1. The Bertz CT molecular complexity index is 772. The van der Waals surface area contributed by atoms with E-state index in [-0.39, 0.29) is 34.1 Å². The average Bonchev–Trinajstić information content (AvgIpc) is 2.56. The van der Waals surface area contributed by atoms with Gasteiger partial charge < -0.3 is 29.5 Å². The lowest BCUT2D eigenvalue weighted by Crippen LogP contribution is -2.11. The van der Waals surface area contributed by atoms with Gasteiger partial charge in [0.25, 0.3) is 0 Å². The van der Waals surface area contributed by atoms with Crippen molar-refractivity contribution in [1.29, 1.82) is 0 Å². The highest BCUT2D eigenvalue weighted by molar-refractivity contribution is 5.93. The van der Waals surface area contributed by atoms with Crippen LogP contribution in [0.2, 0.25) is 0 Å². The molecule has 0 saturated carbocycles. The molecule has 0 aromatic heterocycles. The van der Waals surface area contributed by atoms with Gasteiger partial charge in [0.1, 0.15) is 0 Å². The molecule has 24 heavy (non-hydrogen) atoms. The molecule has 8 nitrogen and oxygen atoms in total. The number of aromatic carboxylic acids is 1. The SMILES string of the molecule is COc1cc(C(=O)O)cc(OC)c1OC(=O)c1ccc(O)c(O)c1. The highest BCUT2D eigenvalue weighted by Gasteiger charge is 2.21. The fourth-order valence-corrected chi connectivity index (χ4v) is 1.91. The number of carboxylic acid groups (broad SMARTS) is 1. The largest absolute Gasteiger partial charge is 0.504 e. The molecule has 2 aromatic carbocycles. The molecule has 0 bridgehead atoms. The molecule has 0 aliphatic rings. The molecule has 0 saturated heterocycles. The van der Waals surface area contributed by atoms with Gasteiger partial charge in [-0.05, 0) is 30.3 Å². The van der Waals surface area contributed by atoms with Crippen LogP contribution in [0.1, 0.15) is 20.7 Å². The Morgan fingerprint density at radius 1 is 0.875 bits per heavy atom. The van der Waals surface area contributed by atoms with Gasteiger partial charge in [-0.25, -0.2) is 9.59 Å². The standard InChI is InChI=1S/C16H14O8/c1-22-12-6-9(15(19)20)7-13(23-2)14(12)24-16(21)8-3-4-10(17)11(18)5-8/h3-7,17-18H,1-2H3,(H,19,20). The fraction of sp³-hybridized carbons (Fsp3) is 0.125. The van der Waals surface area contributed by atoms with Crippen molar-refractivity contribution in [3.05, 3.63) is 41.5 Å². The summed E-state index contributed by atoms with van der Waals surface area (Å²) in [7, 11) is 2.56. The van der Waals surface area contributed by atoms with Crippen LogP contribution in [-0.2, 0) is 0 Å². The quantitative estimate of drug-likeness (QED) is 0.431. The number of aromatic hydroxyl groups is 2. The van der Waals surface area contributed by atoms with Crippen LogP contribution in [0, 0.1) is 0 Å². The molecule has 8 heteroatoms. The summed E-state index contributed by atoms with van der Waals surface area (Å²) in [6.07, 6.45) is 0. The Labute approximate surface area is 136 Å². The third kappa shape index (κ3) is 3.32. The van der Waals surface area contributed by atoms with E-state index in [1.165, 1.54) is 32.4 Å². The van der Waals surface area contributed by atoms with Crippen molar-refractivity contribution in [2.75, 3.05) is 14.2 Å². The predicted molar refractivity (Wildman–Crippen MR) is 81.2 cm³/mol. The second-order valence-electron chi connectivity index (χ2n) is 4.61. The number of ether oxygens (including phenoxy) is 3. The summed E-state index contributed by atoms with van der Waals surface area (Å²) in [6, 6.07) is 5.78. The van der Waals surface area contributed by atoms with Gasteiger partial charge in [0, 0.05) is 0 Å². The first-order valence-electron chi connectivity index (χ1n) is 6.60. The van der Waals surface area contributed by atoms with E-state index in [1.54, 1.807) is 0 Å². The highest BCUT2D eigenvalue weighted by atomic mass is 16.6. The molecule has 126 valence electrons. The van der Waals surface area contributed by atoms with E-state index in [0.717, 1.165) is 12.1 Å². The maximum absolute atomic E-state index is 12.2. The van der Waals surface area contributed by atoms with Gasteiger partial charge in [0.2, 0.25) is 5.75 Å². The first kappa shape index (κ1) is 16.9. The molecule has 0 radical (unpaired) electrons. The zero-order chi connectivity index (χ0) is 17.9. The van der Waals surface area contributed by atoms with E-state index in [1.807, 2.05) is 0 Å². The van der Waals surface area contributed by atoms with E-state index in [0.29, 0.717) is 0 Å². The number of esters is 1. The van der Waals surface area contributed by atoms with Crippen LogP contribution >= 0.6 is 0 Å². The molecule has 0 spiro atoms. The smallest absolute Gasteiger partial charge is 0.343 e. The van der Waals surface area contributed by atoms with Crippen LogP contribution in [0.5, 0.6) is 28.7 Å². The minimum absolute atomic E-state index is 0.0110. The number of rotatable bonds is 5. The Morgan fingerprint density at radius 3 is 1.92 bits per heavy atom. The normalized spacial score (nSPS) is 10.1. The van der Waals surface area contributed by atoms with E-state index < -0.39 is 17.7 Å². The molecule has 3 N–H and O–H groups in total.